The van der Waals surface area contributed by atoms with E-state index in [1.807, 2.05) is 6.08 Å². The van der Waals surface area contributed by atoms with Crippen molar-refractivity contribution in [2.24, 2.45) is 5.92 Å². The van der Waals surface area contributed by atoms with Crippen LogP contribution in [0.2, 0.25) is 0 Å². The quantitative estimate of drug-likeness (QED) is 0.322. The standard InChI is InChI=1S/C26H34N2O3S2/c1-3-5-7-17(4-2)16-28-21-9-6-8-19(21)20-14-18(10-11-22(20)28)15-23-25(31)27(26(32)33-23)13-12-24(29)30/h10-11,14-15,17,19,21H,3-9,12-13,16H2,1-2H3,(H,29,30)/b23-15+. The number of anilines is 1. The number of benzene rings is 1. The van der Waals surface area contributed by atoms with E-state index in [1.54, 1.807) is 0 Å². The minimum atomic E-state index is -0.928. The lowest BCUT2D eigenvalue weighted by molar-refractivity contribution is -0.137. The summed E-state index contributed by atoms with van der Waals surface area (Å²) < 4.78 is 0.438. The molecule has 1 saturated carbocycles. The molecule has 1 saturated heterocycles. The molecule has 1 aromatic carbocycles. The molecule has 0 spiro atoms. The molecule has 2 fully saturated rings. The fourth-order valence-corrected chi connectivity index (χ4v) is 6.87. The van der Waals surface area contributed by atoms with E-state index in [1.165, 1.54) is 72.9 Å². The van der Waals surface area contributed by atoms with Gasteiger partial charge >= 0.3 is 5.97 Å². The number of carboxylic acids is 1. The summed E-state index contributed by atoms with van der Waals surface area (Å²) in [6, 6.07) is 7.25. The van der Waals surface area contributed by atoms with Gasteiger partial charge in [0, 0.05) is 30.7 Å². The van der Waals surface area contributed by atoms with Gasteiger partial charge < -0.3 is 10.0 Å². The summed E-state index contributed by atoms with van der Waals surface area (Å²) >= 11 is 6.59. The Bertz CT molecular complexity index is 961. The lowest BCUT2D eigenvalue weighted by atomic mass is 9.95. The second-order valence-electron chi connectivity index (χ2n) is 9.47. The third-order valence-electron chi connectivity index (χ3n) is 7.36. The van der Waals surface area contributed by atoms with Crippen LogP contribution in [0.15, 0.2) is 23.1 Å². The molecule has 2 aliphatic heterocycles. The first-order valence-electron chi connectivity index (χ1n) is 12.3. The van der Waals surface area contributed by atoms with Crippen LogP contribution in [0, 0.1) is 5.92 Å². The smallest absolute Gasteiger partial charge is 0.305 e. The van der Waals surface area contributed by atoms with Gasteiger partial charge in [0.05, 0.1) is 11.3 Å². The normalized spacial score (nSPS) is 24.0. The molecular formula is C26H34N2O3S2. The highest BCUT2D eigenvalue weighted by molar-refractivity contribution is 8.26. The predicted molar refractivity (Wildman–Crippen MR) is 140 cm³/mol. The van der Waals surface area contributed by atoms with Gasteiger partial charge in [-0.05, 0) is 54.5 Å². The summed E-state index contributed by atoms with van der Waals surface area (Å²) in [7, 11) is 0. The van der Waals surface area contributed by atoms with Gasteiger partial charge in [-0.3, -0.25) is 14.5 Å². The van der Waals surface area contributed by atoms with Crippen LogP contribution in [-0.4, -0.2) is 45.3 Å². The number of carboxylic acid groups (broad SMARTS) is 1. The third-order valence-corrected chi connectivity index (χ3v) is 8.74. The zero-order valence-corrected chi connectivity index (χ0v) is 21.2. The number of unbranched alkanes of at least 4 members (excludes halogenated alkanes) is 1. The SMILES string of the molecule is CCCCC(CC)CN1c2ccc(/C=C3/SC(=S)N(CCC(=O)O)C3=O)cc2C2CCCC21. The van der Waals surface area contributed by atoms with Crippen LogP contribution in [0.5, 0.6) is 0 Å². The predicted octanol–water partition coefficient (Wildman–Crippen LogP) is 6.04. The van der Waals surface area contributed by atoms with Crippen molar-refractivity contribution in [3.8, 4) is 0 Å². The van der Waals surface area contributed by atoms with Crippen molar-refractivity contribution in [3.63, 3.8) is 0 Å². The van der Waals surface area contributed by atoms with Crippen LogP contribution in [0.4, 0.5) is 5.69 Å². The number of rotatable bonds is 10. The number of carbonyl (C=O) groups is 2. The Morgan fingerprint density at radius 3 is 2.88 bits per heavy atom. The number of carbonyl (C=O) groups excluding carboxylic acids is 1. The topological polar surface area (TPSA) is 60.9 Å². The molecular weight excluding hydrogens is 452 g/mol. The summed E-state index contributed by atoms with van der Waals surface area (Å²) in [5.74, 6) is 0.211. The van der Waals surface area contributed by atoms with Crippen LogP contribution in [0.3, 0.4) is 0 Å². The number of amides is 1. The maximum atomic E-state index is 12.8. The molecule has 0 bridgehead atoms. The average Bonchev–Trinajstić information content (AvgIpc) is 3.45. The molecule has 1 aromatic rings. The first-order valence-corrected chi connectivity index (χ1v) is 13.5. The van der Waals surface area contributed by atoms with Crippen molar-refractivity contribution in [2.45, 2.75) is 77.2 Å². The van der Waals surface area contributed by atoms with Crippen molar-refractivity contribution in [1.82, 2.24) is 4.90 Å². The number of aliphatic carboxylic acids is 1. The number of nitrogens with zero attached hydrogens (tertiary/aromatic N) is 2. The molecule has 5 nitrogen and oxygen atoms in total. The number of fused-ring (bicyclic) bond motifs is 3. The van der Waals surface area contributed by atoms with Crippen molar-refractivity contribution in [1.29, 1.82) is 0 Å². The van der Waals surface area contributed by atoms with Gasteiger partial charge in [-0.25, -0.2) is 0 Å². The van der Waals surface area contributed by atoms with E-state index in [4.69, 9.17) is 17.3 Å². The molecule has 1 aliphatic carbocycles. The minimum Gasteiger partial charge on any atom is -0.481 e. The van der Waals surface area contributed by atoms with Gasteiger partial charge in [0.25, 0.3) is 5.91 Å². The highest BCUT2D eigenvalue weighted by Gasteiger charge is 2.42. The molecule has 0 aromatic heterocycles. The zero-order valence-electron chi connectivity index (χ0n) is 19.6. The molecule has 0 radical (unpaired) electrons. The van der Waals surface area contributed by atoms with E-state index in [2.05, 4.69) is 36.9 Å². The van der Waals surface area contributed by atoms with E-state index in [0.29, 0.717) is 21.2 Å². The second kappa shape index (κ2) is 10.6. The van der Waals surface area contributed by atoms with E-state index in [9.17, 15) is 9.59 Å². The van der Waals surface area contributed by atoms with Crippen molar-refractivity contribution in [3.05, 3.63) is 34.2 Å². The lowest BCUT2D eigenvalue weighted by Crippen LogP contribution is -2.35. The lowest BCUT2D eigenvalue weighted by Gasteiger charge is -2.31. The number of thiocarbonyl (C=S) groups is 1. The summed E-state index contributed by atoms with van der Waals surface area (Å²) in [5.41, 5.74) is 3.83. The van der Waals surface area contributed by atoms with Gasteiger partial charge in [0.2, 0.25) is 0 Å². The van der Waals surface area contributed by atoms with Crippen molar-refractivity contribution >= 4 is 51.9 Å². The maximum Gasteiger partial charge on any atom is 0.305 e. The fraction of sp³-hybridized carbons (Fsp3) is 0.577. The average molecular weight is 487 g/mol. The van der Waals surface area contributed by atoms with Crippen LogP contribution in [0.25, 0.3) is 6.08 Å². The highest BCUT2D eigenvalue weighted by atomic mass is 32.2. The monoisotopic (exact) mass is 486 g/mol. The highest BCUT2D eigenvalue weighted by Crippen LogP contribution is 2.50. The molecule has 33 heavy (non-hydrogen) atoms. The molecule has 4 rings (SSSR count). The number of hydrogen-bond acceptors (Lipinski definition) is 5. The molecule has 1 amide bonds. The first-order chi connectivity index (χ1) is 15.9. The van der Waals surface area contributed by atoms with Gasteiger partial charge in [-0.1, -0.05) is 69.6 Å². The Labute approximate surface area is 206 Å². The maximum absolute atomic E-state index is 12.8. The second-order valence-corrected chi connectivity index (χ2v) is 11.1. The van der Waals surface area contributed by atoms with Crippen molar-refractivity contribution in [2.75, 3.05) is 18.0 Å². The van der Waals surface area contributed by atoms with Crippen LogP contribution in [0.1, 0.15) is 82.3 Å². The first kappa shape index (κ1) is 24.3. The summed E-state index contributed by atoms with van der Waals surface area (Å²) in [5, 5.41) is 8.94. The number of hydrogen-bond donors (Lipinski definition) is 1. The molecule has 1 N–H and O–H groups in total. The summed E-state index contributed by atoms with van der Waals surface area (Å²) in [4.78, 5) is 28.4. The Balaban J connectivity index is 1.55. The fourth-order valence-electron chi connectivity index (χ4n) is 5.56. The molecule has 7 heteroatoms. The Morgan fingerprint density at radius 2 is 2.15 bits per heavy atom. The minimum absolute atomic E-state index is 0.103. The van der Waals surface area contributed by atoms with E-state index < -0.39 is 5.97 Å². The van der Waals surface area contributed by atoms with E-state index >= 15 is 0 Å². The van der Waals surface area contributed by atoms with Crippen LogP contribution in [-0.2, 0) is 9.59 Å². The zero-order chi connectivity index (χ0) is 23.5. The number of thioether (sulfide) groups is 1. The molecule has 3 unspecified atom stereocenters. The van der Waals surface area contributed by atoms with Gasteiger partial charge in [0.1, 0.15) is 4.32 Å². The molecule has 2 heterocycles. The van der Waals surface area contributed by atoms with E-state index in [0.717, 1.165) is 18.0 Å². The summed E-state index contributed by atoms with van der Waals surface area (Å²) in [6.07, 6.45) is 10.7. The van der Waals surface area contributed by atoms with Gasteiger partial charge in [0.15, 0.2) is 0 Å². The van der Waals surface area contributed by atoms with Crippen LogP contribution >= 0.6 is 24.0 Å². The Kier molecular flexibility index (Phi) is 7.80. The Hall–Kier alpha value is -1.86. The molecule has 178 valence electrons. The molecule has 3 aliphatic rings. The Morgan fingerprint density at radius 1 is 1.33 bits per heavy atom. The third kappa shape index (κ3) is 5.14. The van der Waals surface area contributed by atoms with E-state index in [-0.39, 0.29) is 18.9 Å². The summed E-state index contributed by atoms with van der Waals surface area (Å²) in [6.45, 7) is 5.86. The van der Waals surface area contributed by atoms with Crippen LogP contribution < -0.4 is 4.90 Å². The van der Waals surface area contributed by atoms with Gasteiger partial charge in [-0.2, -0.15) is 0 Å². The molecule has 3 atom stereocenters. The van der Waals surface area contributed by atoms with Crippen molar-refractivity contribution < 1.29 is 14.7 Å². The van der Waals surface area contributed by atoms with Gasteiger partial charge in [-0.15, -0.1) is 0 Å². The largest absolute Gasteiger partial charge is 0.481 e.